The Hall–Kier alpha value is -2.49. The fraction of sp³-hybridized carbons (Fsp3) is 0.188. The third kappa shape index (κ3) is 3.09. The number of hydrogen-bond donors (Lipinski definition) is 1. The van der Waals surface area contributed by atoms with Gasteiger partial charge in [0.25, 0.3) is 0 Å². The van der Waals surface area contributed by atoms with E-state index in [1.165, 1.54) is 6.92 Å². The minimum Gasteiger partial charge on any atom is -0.399 e. The summed E-state index contributed by atoms with van der Waals surface area (Å²) in [6.07, 6.45) is 0. The Morgan fingerprint density at radius 1 is 1.00 bits per heavy atom. The molecule has 4 heteroatoms. The smallest absolute Gasteiger partial charge is 0.159 e. The highest BCUT2D eigenvalue weighted by molar-refractivity contribution is 5.94. The summed E-state index contributed by atoms with van der Waals surface area (Å²) in [6, 6.07) is 10.9. The Bertz CT molecular complexity index is 673. The van der Waals surface area contributed by atoms with Gasteiger partial charge in [0, 0.05) is 11.3 Å². The first-order chi connectivity index (χ1) is 9.47. The largest absolute Gasteiger partial charge is 0.399 e. The molecule has 0 unspecified atom stereocenters. The highest BCUT2D eigenvalue weighted by Gasteiger charge is 2.02. The molecule has 0 spiro atoms. The van der Waals surface area contributed by atoms with Crippen molar-refractivity contribution >= 4 is 22.8 Å². The van der Waals surface area contributed by atoms with Crippen LogP contribution < -0.4 is 5.73 Å². The summed E-state index contributed by atoms with van der Waals surface area (Å²) in [4.78, 5) is 11.2. The Morgan fingerprint density at radius 3 is 2.25 bits per heavy atom. The number of anilines is 1. The SMILES string of the molecule is CC(=O)c1ccc(N=Nc2cc(C)c(N)cc2C)cc1. The molecule has 0 bridgehead atoms. The second-order valence-electron chi connectivity index (χ2n) is 4.80. The third-order valence-electron chi connectivity index (χ3n) is 3.13. The molecule has 2 aromatic rings. The molecule has 0 radical (unpaired) electrons. The van der Waals surface area contributed by atoms with E-state index in [0.29, 0.717) is 11.3 Å². The van der Waals surface area contributed by atoms with E-state index in [2.05, 4.69) is 10.2 Å². The normalized spacial score (nSPS) is 10.9. The number of nitrogen functional groups attached to an aromatic ring is 1. The maximum Gasteiger partial charge on any atom is 0.159 e. The average Bonchev–Trinajstić information content (AvgIpc) is 2.42. The van der Waals surface area contributed by atoms with Crippen molar-refractivity contribution < 1.29 is 4.79 Å². The van der Waals surface area contributed by atoms with E-state index >= 15 is 0 Å². The van der Waals surface area contributed by atoms with E-state index < -0.39 is 0 Å². The van der Waals surface area contributed by atoms with Gasteiger partial charge in [-0.25, -0.2) is 0 Å². The highest BCUT2D eigenvalue weighted by Crippen LogP contribution is 2.26. The van der Waals surface area contributed by atoms with E-state index in [-0.39, 0.29) is 5.78 Å². The predicted molar refractivity (Wildman–Crippen MR) is 81.0 cm³/mol. The standard InChI is InChI=1S/C16H17N3O/c1-10-9-16(11(2)8-15(10)17)19-18-14-6-4-13(5-7-14)12(3)20/h4-9H,17H2,1-3H3. The van der Waals surface area contributed by atoms with Crippen LogP contribution in [-0.4, -0.2) is 5.78 Å². The number of carbonyl (C=O) groups excluding carboxylic acids is 1. The Kier molecular flexibility index (Phi) is 3.94. The van der Waals surface area contributed by atoms with Gasteiger partial charge in [-0.1, -0.05) is 0 Å². The molecule has 4 nitrogen and oxygen atoms in total. The number of ketones is 1. The van der Waals surface area contributed by atoms with E-state index in [0.717, 1.165) is 22.5 Å². The number of Topliss-reactive ketones (excluding diaryl/α,β-unsaturated/α-hetero) is 1. The van der Waals surface area contributed by atoms with Gasteiger partial charge >= 0.3 is 0 Å². The van der Waals surface area contributed by atoms with Gasteiger partial charge in [0.2, 0.25) is 0 Å². The first kappa shape index (κ1) is 13.9. The quantitative estimate of drug-likeness (QED) is 0.505. The van der Waals surface area contributed by atoms with Crippen LogP contribution in [-0.2, 0) is 0 Å². The van der Waals surface area contributed by atoms with E-state index in [4.69, 9.17) is 5.73 Å². The number of carbonyl (C=O) groups is 1. The summed E-state index contributed by atoms with van der Waals surface area (Å²) >= 11 is 0. The molecule has 2 aromatic carbocycles. The van der Waals surface area contributed by atoms with Crippen LogP contribution in [0.5, 0.6) is 0 Å². The lowest BCUT2D eigenvalue weighted by molar-refractivity contribution is 0.101. The molecule has 0 aliphatic heterocycles. The van der Waals surface area contributed by atoms with Gasteiger partial charge in [-0.3, -0.25) is 4.79 Å². The molecule has 20 heavy (non-hydrogen) atoms. The van der Waals surface area contributed by atoms with Crippen LogP contribution in [0.2, 0.25) is 0 Å². The molecule has 0 aliphatic rings. The van der Waals surface area contributed by atoms with Gasteiger partial charge < -0.3 is 5.73 Å². The highest BCUT2D eigenvalue weighted by atomic mass is 16.1. The lowest BCUT2D eigenvalue weighted by Gasteiger charge is -2.04. The molecule has 2 rings (SSSR count). The van der Waals surface area contributed by atoms with E-state index in [1.807, 2.05) is 26.0 Å². The molecule has 102 valence electrons. The minimum atomic E-state index is 0.0403. The fourth-order valence-corrected chi connectivity index (χ4v) is 1.81. The topological polar surface area (TPSA) is 67.8 Å². The second kappa shape index (κ2) is 5.65. The molecule has 0 saturated carbocycles. The first-order valence-electron chi connectivity index (χ1n) is 6.37. The molecule has 2 N–H and O–H groups in total. The summed E-state index contributed by atoms with van der Waals surface area (Å²) < 4.78 is 0. The number of rotatable bonds is 3. The number of benzene rings is 2. The zero-order chi connectivity index (χ0) is 14.7. The first-order valence-corrected chi connectivity index (χ1v) is 6.37. The Balaban J connectivity index is 2.25. The molecular formula is C16H17N3O. The number of aryl methyl sites for hydroxylation is 2. The number of hydrogen-bond acceptors (Lipinski definition) is 4. The monoisotopic (exact) mass is 267 g/mol. The molecule has 0 aliphatic carbocycles. The van der Waals surface area contributed by atoms with Crippen LogP contribution in [0, 0.1) is 13.8 Å². The van der Waals surface area contributed by atoms with Gasteiger partial charge in [-0.2, -0.15) is 10.2 Å². The molecule has 0 saturated heterocycles. The summed E-state index contributed by atoms with van der Waals surface area (Å²) in [5.74, 6) is 0.0403. The zero-order valence-electron chi connectivity index (χ0n) is 11.8. The molecule has 0 atom stereocenters. The van der Waals surface area contributed by atoms with Gasteiger partial charge in [-0.05, 0) is 68.3 Å². The third-order valence-corrected chi connectivity index (χ3v) is 3.13. The number of nitrogens with two attached hydrogens (primary N) is 1. The molecule has 0 aromatic heterocycles. The maximum absolute atomic E-state index is 11.2. The van der Waals surface area contributed by atoms with E-state index in [9.17, 15) is 4.79 Å². The van der Waals surface area contributed by atoms with Crippen molar-refractivity contribution in [3.63, 3.8) is 0 Å². The van der Waals surface area contributed by atoms with Crippen molar-refractivity contribution in [2.45, 2.75) is 20.8 Å². The molecule has 0 amide bonds. The molecule has 0 fully saturated rings. The lowest BCUT2D eigenvalue weighted by atomic mass is 10.1. The van der Waals surface area contributed by atoms with Gasteiger partial charge in [0.15, 0.2) is 5.78 Å². The Morgan fingerprint density at radius 2 is 1.65 bits per heavy atom. The van der Waals surface area contributed by atoms with Crippen LogP contribution >= 0.6 is 0 Å². The van der Waals surface area contributed by atoms with Crippen LogP contribution in [0.3, 0.4) is 0 Å². The maximum atomic E-state index is 11.2. The van der Waals surface area contributed by atoms with Crippen LogP contribution in [0.4, 0.5) is 17.1 Å². The summed E-state index contributed by atoms with van der Waals surface area (Å²) in [5.41, 5.74) is 10.7. The summed E-state index contributed by atoms with van der Waals surface area (Å²) in [5, 5.41) is 8.42. The fourth-order valence-electron chi connectivity index (χ4n) is 1.81. The lowest BCUT2D eigenvalue weighted by Crippen LogP contribution is -1.90. The summed E-state index contributed by atoms with van der Waals surface area (Å²) in [7, 11) is 0. The molecular weight excluding hydrogens is 250 g/mol. The predicted octanol–water partition coefficient (Wildman–Crippen LogP) is 4.50. The van der Waals surface area contributed by atoms with Gasteiger partial charge in [0.05, 0.1) is 11.4 Å². The van der Waals surface area contributed by atoms with E-state index in [1.54, 1.807) is 24.3 Å². The average molecular weight is 267 g/mol. The minimum absolute atomic E-state index is 0.0403. The summed E-state index contributed by atoms with van der Waals surface area (Å²) in [6.45, 7) is 5.43. The zero-order valence-corrected chi connectivity index (χ0v) is 11.8. The number of nitrogens with zero attached hydrogens (tertiary/aromatic N) is 2. The van der Waals surface area contributed by atoms with Crippen molar-refractivity contribution in [2.75, 3.05) is 5.73 Å². The van der Waals surface area contributed by atoms with Crippen LogP contribution in [0.25, 0.3) is 0 Å². The van der Waals surface area contributed by atoms with Gasteiger partial charge in [-0.15, -0.1) is 0 Å². The molecule has 0 heterocycles. The number of azo groups is 1. The van der Waals surface area contributed by atoms with Crippen molar-refractivity contribution in [3.8, 4) is 0 Å². The van der Waals surface area contributed by atoms with Crippen molar-refractivity contribution in [3.05, 3.63) is 53.1 Å². The van der Waals surface area contributed by atoms with Crippen LogP contribution in [0.1, 0.15) is 28.4 Å². The second-order valence-corrected chi connectivity index (χ2v) is 4.80. The van der Waals surface area contributed by atoms with Crippen molar-refractivity contribution in [1.82, 2.24) is 0 Å². The van der Waals surface area contributed by atoms with Crippen molar-refractivity contribution in [2.24, 2.45) is 10.2 Å². The van der Waals surface area contributed by atoms with Gasteiger partial charge in [0.1, 0.15) is 0 Å². The Labute approximate surface area is 118 Å². The van der Waals surface area contributed by atoms with Crippen molar-refractivity contribution in [1.29, 1.82) is 0 Å². The van der Waals surface area contributed by atoms with Crippen LogP contribution in [0.15, 0.2) is 46.6 Å².